The van der Waals surface area contributed by atoms with E-state index in [1.54, 1.807) is 0 Å². The predicted octanol–water partition coefficient (Wildman–Crippen LogP) is 6.85. The molecule has 1 N–H and O–H groups in total. The van der Waals surface area contributed by atoms with Crippen molar-refractivity contribution in [2.45, 2.75) is 41.5 Å². The molecule has 0 atom stereocenters. The fourth-order valence-corrected chi connectivity index (χ4v) is 3.14. The minimum absolute atomic E-state index is 0.123. The molecule has 0 saturated heterocycles. The van der Waals surface area contributed by atoms with Crippen molar-refractivity contribution < 1.29 is 66.3 Å². The van der Waals surface area contributed by atoms with Gasteiger partial charge in [-0.2, -0.15) is 57.1 Å². The summed E-state index contributed by atoms with van der Waals surface area (Å²) in [6.45, 7) is 0. The lowest BCUT2D eigenvalue weighted by Gasteiger charge is -2.51. The van der Waals surface area contributed by atoms with Gasteiger partial charge in [0.15, 0.2) is 0 Å². The van der Waals surface area contributed by atoms with Crippen LogP contribution >= 0.6 is 23.2 Å². The highest BCUT2D eigenvalue weighted by Crippen LogP contribution is 2.69. The number of anilines is 1. The van der Waals surface area contributed by atoms with Gasteiger partial charge < -0.3 is 5.32 Å². The van der Waals surface area contributed by atoms with E-state index >= 15 is 0 Å². The van der Waals surface area contributed by atoms with Crippen molar-refractivity contribution >= 4 is 34.8 Å². The second-order valence-corrected chi connectivity index (χ2v) is 7.11. The van der Waals surface area contributed by atoms with Gasteiger partial charge in [-0.1, -0.05) is 23.2 Å². The maximum atomic E-state index is 14.6. The number of hydrogen-bond donors (Lipinski definition) is 1. The Morgan fingerprint density at radius 1 is 0.688 bits per heavy atom. The number of halogens is 16. The highest BCUT2D eigenvalue weighted by molar-refractivity contribution is 6.40. The van der Waals surface area contributed by atoms with Crippen LogP contribution in [0.3, 0.4) is 0 Å². The average molecular weight is 538 g/mol. The molecule has 1 fully saturated rings. The lowest BCUT2D eigenvalue weighted by molar-refractivity contribution is -0.475. The van der Waals surface area contributed by atoms with E-state index < -0.39 is 68.7 Å². The fourth-order valence-electron chi connectivity index (χ4n) is 2.56. The highest BCUT2D eigenvalue weighted by Gasteiger charge is 3.02. The summed E-state index contributed by atoms with van der Waals surface area (Å²) in [6.07, 6.45) is -5.18. The molecule has 0 spiro atoms. The van der Waals surface area contributed by atoms with Crippen LogP contribution in [0.4, 0.5) is 67.2 Å². The molecular weight excluding hydrogens is 535 g/mol. The van der Waals surface area contributed by atoms with Gasteiger partial charge in [0.2, 0.25) is 0 Å². The normalized spacial score (nSPS) is 24.6. The third-order valence-electron chi connectivity index (χ3n) is 4.36. The summed E-state index contributed by atoms with van der Waals surface area (Å²) < 4.78 is 188. The van der Waals surface area contributed by atoms with E-state index in [4.69, 9.17) is 23.2 Å². The van der Waals surface area contributed by atoms with Crippen LogP contribution in [0.15, 0.2) is 12.1 Å². The van der Waals surface area contributed by atoms with Crippen molar-refractivity contribution in [2.75, 3.05) is 5.32 Å². The largest absolute Gasteiger partial charge is 0.416 e. The van der Waals surface area contributed by atoms with Crippen LogP contribution in [-0.2, 0) is 11.0 Å². The molecule has 0 radical (unpaired) electrons. The van der Waals surface area contributed by atoms with Gasteiger partial charge in [-0.25, -0.2) is 4.39 Å². The van der Waals surface area contributed by atoms with Crippen LogP contribution in [0, 0.1) is 0 Å². The molecule has 0 bridgehead atoms. The number of carbonyl (C=O) groups excluding carboxylic acids is 1. The molecule has 0 aliphatic heterocycles. The number of benzene rings is 1. The van der Waals surface area contributed by atoms with Gasteiger partial charge in [0, 0.05) is 0 Å². The molecule has 1 saturated carbocycles. The Morgan fingerprint density at radius 2 is 1.00 bits per heavy atom. The third kappa shape index (κ3) is 2.97. The van der Waals surface area contributed by atoms with Crippen LogP contribution in [-0.4, -0.2) is 41.2 Å². The number of rotatable bonds is 2. The van der Waals surface area contributed by atoms with Crippen molar-refractivity contribution in [3.63, 3.8) is 0 Å². The molecular formula is C14H3Cl2F14NO. The van der Waals surface area contributed by atoms with Crippen molar-refractivity contribution in [2.24, 2.45) is 0 Å². The van der Waals surface area contributed by atoms with Crippen molar-refractivity contribution in [1.29, 1.82) is 0 Å². The number of carbonyl (C=O) groups is 1. The summed E-state index contributed by atoms with van der Waals surface area (Å²) in [5, 5.41) is -2.28. The molecule has 2 nitrogen and oxygen atoms in total. The molecule has 0 aromatic heterocycles. The third-order valence-corrected chi connectivity index (χ3v) is 4.96. The highest BCUT2D eigenvalue weighted by atomic mass is 35.5. The molecule has 2 rings (SSSR count). The Kier molecular flexibility index (Phi) is 5.72. The van der Waals surface area contributed by atoms with E-state index in [9.17, 15) is 66.3 Å². The summed E-state index contributed by atoms with van der Waals surface area (Å²) in [5.41, 5.74) is -10.3. The molecule has 0 heterocycles. The zero-order valence-corrected chi connectivity index (χ0v) is 15.6. The SMILES string of the molecule is O=C(Nc1c(Cl)cc(C(F)(F)F)cc1Cl)C1(F)C(F)(F)C(F)(F)C(F)(F)C(F)(F)C1(F)F. The average Bonchev–Trinajstić information content (AvgIpc) is 2.60. The first-order chi connectivity index (χ1) is 13.9. The standard InChI is InChI=1S/C14H3Cl2F14NO/c15-4-1-3(9(18,19)20)2-5(16)6(4)31-7(32)8(17)10(21,22)12(25,26)14(29,30)13(27,28)11(8,23)24/h1-2H,(H,31,32). The van der Waals surface area contributed by atoms with Gasteiger partial charge >= 0.3 is 41.5 Å². The topological polar surface area (TPSA) is 29.1 Å². The van der Waals surface area contributed by atoms with Crippen molar-refractivity contribution in [3.05, 3.63) is 27.7 Å². The van der Waals surface area contributed by atoms with Crippen LogP contribution < -0.4 is 5.32 Å². The van der Waals surface area contributed by atoms with E-state index in [1.807, 2.05) is 0 Å². The minimum Gasteiger partial charge on any atom is -0.320 e. The lowest BCUT2D eigenvalue weighted by atomic mass is 9.71. The second kappa shape index (κ2) is 6.90. The molecule has 18 heteroatoms. The summed E-state index contributed by atoms with van der Waals surface area (Å²) in [5.74, 6) is -41.4. The Bertz CT molecular complexity index is 904. The molecule has 182 valence electrons. The quantitative estimate of drug-likeness (QED) is 0.411. The predicted molar refractivity (Wildman–Crippen MR) is 78.7 cm³/mol. The van der Waals surface area contributed by atoms with E-state index in [-0.39, 0.29) is 12.1 Å². The second-order valence-electron chi connectivity index (χ2n) is 6.30. The molecule has 1 aromatic rings. The minimum atomic E-state index is -7.55. The fraction of sp³-hybridized carbons (Fsp3) is 0.500. The van der Waals surface area contributed by atoms with Crippen LogP contribution in [0.2, 0.25) is 10.0 Å². The van der Waals surface area contributed by atoms with Crippen LogP contribution in [0.1, 0.15) is 5.56 Å². The van der Waals surface area contributed by atoms with Gasteiger partial charge in [-0.15, -0.1) is 0 Å². The zero-order chi connectivity index (χ0) is 25.5. The Hall–Kier alpha value is -1.71. The first-order valence-corrected chi connectivity index (χ1v) is 8.14. The lowest BCUT2D eigenvalue weighted by Crippen LogP contribution is -2.86. The molecule has 1 amide bonds. The number of nitrogens with one attached hydrogen (secondary N) is 1. The molecule has 32 heavy (non-hydrogen) atoms. The van der Waals surface area contributed by atoms with Gasteiger partial charge in [0.1, 0.15) is 0 Å². The van der Waals surface area contributed by atoms with E-state index in [1.165, 1.54) is 0 Å². The van der Waals surface area contributed by atoms with Gasteiger partial charge in [-0.3, -0.25) is 4.79 Å². The van der Waals surface area contributed by atoms with E-state index in [2.05, 4.69) is 0 Å². The summed E-state index contributed by atoms with van der Waals surface area (Å²) in [7, 11) is 0. The smallest absolute Gasteiger partial charge is 0.320 e. The summed E-state index contributed by atoms with van der Waals surface area (Å²) in [4.78, 5) is 11.8. The Balaban J connectivity index is 2.70. The summed E-state index contributed by atoms with van der Waals surface area (Å²) in [6, 6.07) is -0.245. The molecule has 0 unspecified atom stereocenters. The Morgan fingerprint density at radius 3 is 1.31 bits per heavy atom. The van der Waals surface area contributed by atoms with E-state index in [0.29, 0.717) is 5.32 Å². The maximum absolute atomic E-state index is 14.6. The summed E-state index contributed by atoms with van der Waals surface area (Å²) >= 11 is 10.5. The number of amides is 1. The van der Waals surface area contributed by atoms with Crippen molar-refractivity contribution in [3.8, 4) is 0 Å². The maximum Gasteiger partial charge on any atom is 0.416 e. The molecule has 1 aliphatic carbocycles. The number of hydrogen-bond acceptors (Lipinski definition) is 1. The monoisotopic (exact) mass is 537 g/mol. The van der Waals surface area contributed by atoms with E-state index in [0.717, 1.165) is 0 Å². The first kappa shape index (κ1) is 26.5. The molecule has 1 aliphatic rings. The zero-order valence-electron chi connectivity index (χ0n) is 14.1. The Labute approximate surface area is 176 Å². The number of alkyl halides is 14. The van der Waals surface area contributed by atoms with Crippen molar-refractivity contribution in [1.82, 2.24) is 0 Å². The van der Waals surface area contributed by atoms with Crippen LogP contribution in [0.25, 0.3) is 0 Å². The first-order valence-electron chi connectivity index (χ1n) is 7.38. The van der Waals surface area contributed by atoms with Gasteiger partial charge in [0.05, 0.1) is 21.3 Å². The van der Waals surface area contributed by atoms with Crippen LogP contribution in [0.5, 0.6) is 0 Å². The molecule has 1 aromatic carbocycles. The van der Waals surface area contributed by atoms with Gasteiger partial charge in [0.25, 0.3) is 5.91 Å². The van der Waals surface area contributed by atoms with Gasteiger partial charge in [-0.05, 0) is 12.1 Å².